The molecule has 0 unspecified atom stereocenters. The topological polar surface area (TPSA) is 66.7 Å². The van der Waals surface area contributed by atoms with Crippen molar-refractivity contribution in [2.24, 2.45) is 5.92 Å². The van der Waals surface area contributed by atoms with Gasteiger partial charge in [0.2, 0.25) is 11.8 Å². The summed E-state index contributed by atoms with van der Waals surface area (Å²) < 4.78 is 5.97. The lowest BCUT2D eigenvalue weighted by molar-refractivity contribution is -0.135. The van der Waals surface area contributed by atoms with Gasteiger partial charge in [0, 0.05) is 43.2 Å². The minimum atomic E-state index is -0.0679. The van der Waals surface area contributed by atoms with Crippen LogP contribution in [0.4, 0.5) is 0 Å². The SMILES string of the molecule is CC(C)C(=O)N1CCN(C(=O)c2ccccc2-c2ncc(-c3ccccc3)o2)CC1. The maximum Gasteiger partial charge on any atom is 0.254 e. The van der Waals surface area contributed by atoms with Gasteiger partial charge in [-0.1, -0.05) is 56.3 Å². The number of benzene rings is 2. The van der Waals surface area contributed by atoms with Crippen molar-refractivity contribution in [2.75, 3.05) is 26.2 Å². The molecule has 0 atom stereocenters. The molecular formula is C24H25N3O3. The molecule has 1 aliphatic heterocycles. The third-order valence-electron chi connectivity index (χ3n) is 5.32. The molecule has 1 aromatic heterocycles. The summed E-state index contributed by atoms with van der Waals surface area (Å²) in [4.78, 5) is 33.5. The molecule has 0 N–H and O–H groups in total. The highest BCUT2D eigenvalue weighted by Gasteiger charge is 2.27. The molecule has 0 spiro atoms. The molecule has 0 saturated carbocycles. The number of amides is 2. The minimum absolute atomic E-state index is 0.0307. The summed E-state index contributed by atoms with van der Waals surface area (Å²) in [6.45, 7) is 5.95. The number of carbonyl (C=O) groups is 2. The Labute approximate surface area is 176 Å². The Morgan fingerprint density at radius 3 is 2.23 bits per heavy atom. The van der Waals surface area contributed by atoms with Gasteiger partial charge in [0.05, 0.1) is 11.8 Å². The lowest BCUT2D eigenvalue weighted by atomic mass is 10.1. The van der Waals surface area contributed by atoms with E-state index >= 15 is 0 Å². The number of aromatic nitrogens is 1. The second-order valence-corrected chi connectivity index (χ2v) is 7.71. The molecule has 154 valence electrons. The number of hydrogen-bond donors (Lipinski definition) is 0. The molecule has 6 nitrogen and oxygen atoms in total. The zero-order chi connectivity index (χ0) is 21.1. The van der Waals surface area contributed by atoms with Crippen LogP contribution in [0.15, 0.2) is 65.2 Å². The summed E-state index contributed by atoms with van der Waals surface area (Å²) >= 11 is 0. The smallest absolute Gasteiger partial charge is 0.254 e. The van der Waals surface area contributed by atoms with Crippen LogP contribution >= 0.6 is 0 Å². The number of carbonyl (C=O) groups excluding carboxylic acids is 2. The van der Waals surface area contributed by atoms with Gasteiger partial charge in [0.15, 0.2) is 5.76 Å². The molecule has 2 amide bonds. The monoisotopic (exact) mass is 403 g/mol. The van der Waals surface area contributed by atoms with Crippen LogP contribution in [0.1, 0.15) is 24.2 Å². The number of nitrogens with zero attached hydrogens (tertiary/aromatic N) is 3. The van der Waals surface area contributed by atoms with E-state index in [2.05, 4.69) is 4.98 Å². The van der Waals surface area contributed by atoms with Gasteiger partial charge in [0.1, 0.15) is 0 Å². The summed E-state index contributed by atoms with van der Waals surface area (Å²) in [5.41, 5.74) is 2.17. The van der Waals surface area contributed by atoms with E-state index in [-0.39, 0.29) is 17.7 Å². The van der Waals surface area contributed by atoms with E-state index in [1.54, 1.807) is 17.2 Å². The number of piperazine rings is 1. The summed E-state index contributed by atoms with van der Waals surface area (Å²) in [7, 11) is 0. The summed E-state index contributed by atoms with van der Waals surface area (Å²) in [6.07, 6.45) is 1.68. The Hall–Kier alpha value is -3.41. The summed E-state index contributed by atoms with van der Waals surface area (Å²) in [5, 5.41) is 0. The first kappa shape index (κ1) is 19.9. The predicted molar refractivity (Wildman–Crippen MR) is 115 cm³/mol. The largest absolute Gasteiger partial charge is 0.436 e. The van der Waals surface area contributed by atoms with E-state index in [1.807, 2.05) is 67.3 Å². The van der Waals surface area contributed by atoms with Gasteiger partial charge in [-0.25, -0.2) is 4.98 Å². The fourth-order valence-corrected chi connectivity index (χ4v) is 3.66. The van der Waals surface area contributed by atoms with E-state index < -0.39 is 0 Å². The Morgan fingerprint density at radius 2 is 1.53 bits per heavy atom. The molecule has 1 saturated heterocycles. The number of hydrogen-bond acceptors (Lipinski definition) is 4. The molecule has 0 bridgehead atoms. The van der Waals surface area contributed by atoms with Gasteiger partial charge in [-0.15, -0.1) is 0 Å². The van der Waals surface area contributed by atoms with Crippen LogP contribution in [0.25, 0.3) is 22.8 Å². The molecule has 30 heavy (non-hydrogen) atoms. The lowest BCUT2D eigenvalue weighted by Gasteiger charge is -2.35. The van der Waals surface area contributed by atoms with E-state index in [4.69, 9.17) is 4.42 Å². The van der Waals surface area contributed by atoms with Crippen molar-refractivity contribution in [3.05, 3.63) is 66.4 Å². The first-order valence-electron chi connectivity index (χ1n) is 10.2. The van der Waals surface area contributed by atoms with Crippen molar-refractivity contribution in [1.82, 2.24) is 14.8 Å². The third kappa shape index (κ3) is 3.99. The first-order valence-corrected chi connectivity index (χ1v) is 10.2. The second kappa shape index (κ2) is 8.53. The summed E-state index contributed by atoms with van der Waals surface area (Å²) in [6, 6.07) is 17.1. The van der Waals surface area contributed by atoms with Gasteiger partial charge in [0.25, 0.3) is 5.91 Å². The average Bonchev–Trinajstić information content (AvgIpc) is 3.29. The van der Waals surface area contributed by atoms with Crippen molar-refractivity contribution in [1.29, 1.82) is 0 Å². The first-order chi connectivity index (χ1) is 14.5. The van der Waals surface area contributed by atoms with Crippen LogP contribution in [-0.2, 0) is 4.79 Å². The fraction of sp³-hybridized carbons (Fsp3) is 0.292. The zero-order valence-electron chi connectivity index (χ0n) is 17.2. The molecule has 2 heterocycles. The van der Waals surface area contributed by atoms with Crippen molar-refractivity contribution < 1.29 is 14.0 Å². The molecule has 0 aliphatic carbocycles. The Balaban J connectivity index is 1.54. The van der Waals surface area contributed by atoms with Crippen LogP contribution in [0.5, 0.6) is 0 Å². The summed E-state index contributed by atoms with van der Waals surface area (Å²) in [5.74, 6) is 1.12. The highest BCUT2D eigenvalue weighted by molar-refractivity contribution is 6.00. The van der Waals surface area contributed by atoms with Crippen LogP contribution in [-0.4, -0.2) is 52.8 Å². The Kier molecular flexibility index (Phi) is 5.65. The average molecular weight is 403 g/mol. The van der Waals surface area contributed by atoms with Gasteiger partial charge in [-0.2, -0.15) is 0 Å². The van der Waals surface area contributed by atoms with Gasteiger partial charge in [-0.05, 0) is 12.1 Å². The van der Waals surface area contributed by atoms with E-state index in [9.17, 15) is 9.59 Å². The Bertz CT molecular complexity index is 1030. The minimum Gasteiger partial charge on any atom is -0.436 e. The van der Waals surface area contributed by atoms with Crippen molar-refractivity contribution in [2.45, 2.75) is 13.8 Å². The number of rotatable bonds is 4. The highest BCUT2D eigenvalue weighted by Crippen LogP contribution is 2.29. The molecule has 4 rings (SSSR count). The molecule has 1 aliphatic rings. The molecular weight excluding hydrogens is 378 g/mol. The highest BCUT2D eigenvalue weighted by atomic mass is 16.4. The van der Waals surface area contributed by atoms with Crippen LogP contribution in [0.3, 0.4) is 0 Å². The van der Waals surface area contributed by atoms with E-state index in [0.29, 0.717) is 49.0 Å². The second-order valence-electron chi connectivity index (χ2n) is 7.71. The maximum atomic E-state index is 13.2. The quantitative estimate of drug-likeness (QED) is 0.662. The van der Waals surface area contributed by atoms with E-state index in [1.165, 1.54) is 0 Å². The molecule has 6 heteroatoms. The van der Waals surface area contributed by atoms with Crippen LogP contribution < -0.4 is 0 Å². The van der Waals surface area contributed by atoms with Crippen molar-refractivity contribution >= 4 is 11.8 Å². The van der Waals surface area contributed by atoms with E-state index in [0.717, 1.165) is 5.56 Å². The molecule has 3 aromatic rings. The third-order valence-corrected chi connectivity index (χ3v) is 5.32. The zero-order valence-corrected chi connectivity index (χ0v) is 17.2. The normalized spacial score (nSPS) is 14.2. The van der Waals surface area contributed by atoms with Gasteiger partial charge < -0.3 is 14.2 Å². The van der Waals surface area contributed by atoms with Crippen molar-refractivity contribution in [3.8, 4) is 22.8 Å². The van der Waals surface area contributed by atoms with Crippen molar-refractivity contribution in [3.63, 3.8) is 0 Å². The van der Waals surface area contributed by atoms with Crippen LogP contribution in [0, 0.1) is 5.92 Å². The lowest BCUT2D eigenvalue weighted by Crippen LogP contribution is -2.51. The fourth-order valence-electron chi connectivity index (χ4n) is 3.66. The molecule has 1 fully saturated rings. The van der Waals surface area contributed by atoms with Gasteiger partial charge in [-0.3, -0.25) is 9.59 Å². The van der Waals surface area contributed by atoms with Gasteiger partial charge >= 0.3 is 0 Å². The van der Waals surface area contributed by atoms with Crippen LogP contribution in [0.2, 0.25) is 0 Å². The predicted octanol–water partition coefficient (Wildman–Crippen LogP) is 3.95. The molecule has 0 radical (unpaired) electrons. The molecule has 2 aromatic carbocycles. The Morgan fingerprint density at radius 1 is 0.900 bits per heavy atom. The number of oxazole rings is 1. The maximum absolute atomic E-state index is 13.2. The standard InChI is InChI=1S/C24H25N3O3/c1-17(2)23(28)26-12-14-27(15-13-26)24(29)20-11-7-6-10-19(20)22-25-16-21(30-22)18-8-4-3-5-9-18/h3-11,16-17H,12-15H2,1-2H3.